The second kappa shape index (κ2) is 4.75. The molecule has 3 nitrogen and oxygen atoms in total. The second-order valence-corrected chi connectivity index (χ2v) is 5.11. The lowest BCUT2D eigenvalue weighted by atomic mass is 10.4. The molecule has 1 aromatic rings. The average Bonchev–Trinajstić information content (AvgIpc) is 3.00. The molecule has 1 aliphatic rings. The Morgan fingerprint density at radius 3 is 3.07 bits per heavy atom. The summed E-state index contributed by atoms with van der Waals surface area (Å²) in [6, 6.07) is 0.792. The highest BCUT2D eigenvalue weighted by Crippen LogP contribution is 2.22. The van der Waals surface area contributed by atoms with Crippen molar-refractivity contribution in [2.24, 2.45) is 0 Å². The molecule has 2 rings (SSSR count). The van der Waals surface area contributed by atoms with Crippen LogP contribution in [0.2, 0.25) is 0 Å². The molecule has 0 radical (unpaired) electrons. The number of nitrogens with zero attached hydrogens (tertiary/aromatic N) is 2. The van der Waals surface area contributed by atoms with Crippen molar-refractivity contribution >= 4 is 11.8 Å². The van der Waals surface area contributed by atoms with Gasteiger partial charge < -0.3 is 5.32 Å². The first-order valence-corrected chi connectivity index (χ1v) is 5.88. The van der Waals surface area contributed by atoms with Crippen LogP contribution in [0.4, 0.5) is 0 Å². The number of hydrogen-bond acceptors (Lipinski definition) is 4. The Morgan fingerprint density at radius 2 is 2.43 bits per heavy atom. The monoisotopic (exact) mass is 209 g/mol. The van der Waals surface area contributed by atoms with Gasteiger partial charge in [0.05, 0.1) is 6.20 Å². The quantitative estimate of drug-likeness (QED) is 0.749. The zero-order valence-corrected chi connectivity index (χ0v) is 9.13. The van der Waals surface area contributed by atoms with Crippen molar-refractivity contribution in [1.82, 2.24) is 15.3 Å². The first kappa shape index (κ1) is 9.93. The van der Waals surface area contributed by atoms with E-state index in [2.05, 4.69) is 22.2 Å². The Hall–Kier alpha value is -0.610. The van der Waals surface area contributed by atoms with Gasteiger partial charge in [0, 0.05) is 30.2 Å². The van der Waals surface area contributed by atoms with E-state index < -0.39 is 0 Å². The highest BCUT2D eigenvalue weighted by Gasteiger charge is 2.21. The van der Waals surface area contributed by atoms with Crippen molar-refractivity contribution in [1.29, 1.82) is 0 Å². The molecule has 0 bridgehead atoms. The van der Waals surface area contributed by atoms with Crippen LogP contribution in [0.25, 0.3) is 0 Å². The summed E-state index contributed by atoms with van der Waals surface area (Å²) in [5.74, 6) is 0. The van der Waals surface area contributed by atoms with Gasteiger partial charge in [-0.3, -0.25) is 4.98 Å². The highest BCUT2D eigenvalue weighted by atomic mass is 32.2. The van der Waals surface area contributed by atoms with E-state index in [9.17, 15) is 0 Å². The van der Waals surface area contributed by atoms with Crippen LogP contribution >= 0.6 is 11.8 Å². The Kier molecular flexibility index (Phi) is 3.37. The number of nitrogens with one attached hydrogen (secondary N) is 1. The van der Waals surface area contributed by atoms with E-state index in [4.69, 9.17) is 0 Å². The molecular weight excluding hydrogens is 194 g/mol. The van der Waals surface area contributed by atoms with E-state index in [-0.39, 0.29) is 0 Å². The number of aromatic nitrogens is 2. The Labute approximate surface area is 88.7 Å². The van der Waals surface area contributed by atoms with Crippen LogP contribution in [0.1, 0.15) is 19.8 Å². The van der Waals surface area contributed by atoms with E-state index in [1.54, 1.807) is 24.2 Å². The van der Waals surface area contributed by atoms with Gasteiger partial charge in [0.25, 0.3) is 0 Å². The molecule has 14 heavy (non-hydrogen) atoms. The molecule has 1 fully saturated rings. The normalized spacial score (nSPS) is 18.1. The van der Waals surface area contributed by atoms with Crippen molar-refractivity contribution in [2.75, 3.05) is 6.54 Å². The Balaban J connectivity index is 1.73. The first-order chi connectivity index (χ1) is 6.84. The minimum atomic E-state index is 0.562. The third kappa shape index (κ3) is 3.27. The van der Waals surface area contributed by atoms with Gasteiger partial charge >= 0.3 is 0 Å². The number of hydrogen-bond donors (Lipinski definition) is 1. The van der Waals surface area contributed by atoms with E-state index in [1.165, 1.54) is 12.8 Å². The van der Waals surface area contributed by atoms with Gasteiger partial charge in [0.1, 0.15) is 5.03 Å². The SMILES string of the molecule is CC(CNC1CC1)Sc1cnccn1. The van der Waals surface area contributed by atoms with E-state index in [1.807, 2.05) is 6.20 Å². The second-order valence-electron chi connectivity index (χ2n) is 3.65. The topological polar surface area (TPSA) is 37.8 Å². The van der Waals surface area contributed by atoms with Crippen molar-refractivity contribution in [3.63, 3.8) is 0 Å². The third-order valence-electron chi connectivity index (χ3n) is 2.13. The van der Waals surface area contributed by atoms with Gasteiger partial charge in [0.2, 0.25) is 0 Å². The summed E-state index contributed by atoms with van der Waals surface area (Å²) in [5, 5.41) is 5.08. The maximum Gasteiger partial charge on any atom is 0.115 e. The summed E-state index contributed by atoms with van der Waals surface area (Å²) in [6.45, 7) is 3.28. The van der Waals surface area contributed by atoms with Crippen LogP contribution in [-0.2, 0) is 0 Å². The van der Waals surface area contributed by atoms with Crippen molar-refractivity contribution in [2.45, 2.75) is 36.1 Å². The molecule has 0 spiro atoms. The van der Waals surface area contributed by atoms with Gasteiger partial charge in [0.15, 0.2) is 0 Å². The van der Waals surface area contributed by atoms with E-state index >= 15 is 0 Å². The summed E-state index contributed by atoms with van der Waals surface area (Å²) in [4.78, 5) is 8.28. The molecule has 0 saturated heterocycles. The summed E-state index contributed by atoms with van der Waals surface area (Å²) in [7, 11) is 0. The summed E-state index contributed by atoms with van der Waals surface area (Å²) in [5.41, 5.74) is 0. The minimum Gasteiger partial charge on any atom is -0.313 e. The molecule has 1 aromatic heterocycles. The van der Waals surface area contributed by atoms with Crippen LogP contribution in [-0.4, -0.2) is 27.8 Å². The van der Waals surface area contributed by atoms with Crippen LogP contribution in [0.15, 0.2) is 23.6 Å². The van der Waals surface area contributed by atoms with Crippen LogP contribution < -0.4 is 5.32 Å². The number of thioether (sulfide) groups is 1. The molecule has 0 aromatic carbocycles. The zero-order valence-electron chi connectivity index (χ0n) is 8.31. The van der Waals surface area contributed by atoms with Gasteiger partial charge in [-0.25, -0.2) is 4.98 Å². The van der Waals surface area contributed by atoms with Crippen LogP contribution in [0.3, 0.4) is 0 Å². The molecule has 1 N–H and O–H groups in total. The van der Waals surface area contributed by atoms with Crippen molar-refractivity contribution in [3.8, 4) is 0 Å². The highest BCUT2D eigenvalue weighted by molar-refractivity contribution is 7.99. The van der Waals surface area contributed by atoms with Crippen LogP contribution in [0, 0.1) is 0 Å². The number of rotatable bonds is 5. The standard InChI is InChI=1S/C10H15N3S/c1-8(6-13-9-2-3-9)14-10-7-11-4-5-12-10/h4-5,7-9,13H,2-3,6H2,1H3. The van der Waals surface area contributed by atoms with Crippen molar-refractivity contribution in [3.05, 3.63) is 18.6 Å². The lowest BCUT2D eigenvalue weighted by molar-refractivity contribution is 0.678. The predicted octanol–water partition coefficient (Wildman–Crippen LogP) is 1.71. The molecule has 0 amide bonds. The molecule has 1 heterocycles. The third-order valence-corrected chi connectivity index (χ3v) is 3.15. The maximum atomic E-state index is 4.23. The zero-order chi connectivity index (χ0) is 9.80. The predicted molar refractivity (Wildman–Crippen MR) is 58.4 cm³/mol. The fourth-order valence-electron chi connectivity index (χ4n) is 1.21. The maximum absolute atomic E-state index is 4.23. The fraction of sp³-hybridized carbons (Fsp3) is 0.600. The molecule has 1 aliphatic carbocycles. The summed E-state index contributed by atoms with van der Waals surface area (Å²) in [6.07, 6.45) is 7.96. The Morgan fingerprint density at radius 1 is 1.57 bits per heavy atom. The van der Waals surface area contributed by atoms with E-state index in [0.717, 1.165) is 17.6 Å². The van der Waals surface area contributed by atoms with Gasteiger partial charge in [-0.1, -0.05) is 6.92 Å². The molecular formula is C10H15N3S. The lowest BCUT2D eigenvalue weighted by Crippen LogP contribution is -2.24. The Bertz CT molecular complexity index is 274. The van der Waals surface area contributed by atoms with Gasteiger partial charge in [-0.15, -0.1) is 11.8 Å². The van der Waals surface area contributed by atoms with E-state index in [0.29, 0.717) is 5.25 Å². The molecule has 1 atom stereocenters. The summed E-state index contributed by atoms with van der Waals surface area (Å²) < 4.78 is 0. The first-order valence-electron chi connectivity index (χ1n) is 5.00. The molecule has 0 aliphatic heterocycles. The van der Waals surface area contributed by atoms with Gasteiger partial charge in [-0.2, -0.15) is 0 Å². The fourth-order valence-corrected chi connectivity index (χ4v) is 2.05. The summed E-state index contributed by atoms with van der Waals surface area (Å²) >= 11 is 1.78. The minimum absolute atomic E-state index is 0.562. The van der Waals surface area contributed by atoms with Crippen molar-refractivity contribution < 1.29 is 0 Å². The molecule has 1 unspecified atom stereocenters. The lowest BCUT2D eigenvalue weighted by Gasteiger charge is -2.10. The molecule has 76 valence electrons. The smallest absolute Gasteiger partial charge is 0.115 e. The molecule has 4 heteroatoms. The molecule has 1 saturated carbocycles. The average molecular weight is 209 g/mol. The largest absolute Gasteiger partial charge is 0.313 e. The van der Waals surface area contributed by atoms with Gasteiger partial charge in [-0.05, 0) is 12.8 Å². The van der Waals surface area contributed by atoms with Crippen LogP contribution in [0.5, 0.6) is 0 Å².